The summed E-state index contributed by atoms with van der Waals surface area (Å²) in [5.41, 5.74) is 3.22. The number of hydrogen-bond donors (Lipinski definition) is 1. The van der Waals surface area contributed by atoms with E-state index in [0.717, 1.165) is 0 Å². The van der Waals surface area contributed by atoms with Gasteiger partial charge < -0.3 is 5.32 Å². The van der Waals surface area contributed by atoms with Crippen LogP contribution in [0.15, 0.2) is 11.6 Å². The molecule has 2 atom stereocenters. The molecule has 0 heterocycles. The molecule has 82 valence electrons. The molecule has 0 saturated heterocycles. The van der Waals surface area contributed by atoms with E-state index in [1.54, 1.807) is 0 Å². The Balaban J connectivity index is 2.11. The third kappa shape index (κ3) is 1.85. The molecular formula is C12H17NOS. The second-order valence-corrected chi connectivity index (χ2v) is 5.66. The van der Waals surface area contributed by atoms with Crippen molar-refractivity contribution in [3.63, 3.8) is 0 Å². The molecule has 3 heteroatoms. The van der Waals surface area contributed by atoms with E-state index in [1.165, 1.54) is 30.3 Å². The third-order valence-electron chi connectivity index (χ3n) is 3.91. The zero-order valence-electron chi connectivity index (χ0n) is 9.30. The molecular weight excluding hydrogens is 206 g/mol. The van der Waals surface area contributed by atoms with Gasteiger partial charge in [-0.1, -0.05) is 37.7 Å². The van der Waals surface area contributed by atoms with Crippen LogP contribution in [-0.2, 0) is 4.79 Å². The van der Waals surface area contributed by atoms with Crippen molar-refractivity contribution in [1.82, 2.24) is 5.32 Å². The molecule has 0 aromatic carbocycles. The van der Waals surface area contributed by atoms with Gasteiger partial charge in [-0.2, -0.15) is 0 Å². The van der Waals surface area contributed by atoms with Crippen LogP contribution in [0.3, 0.4) is 0 Å². The molecule has 0 aromatic heterocycles. The monoisotopic (exact) mass is 223 g/mol. The first-order chi connectivity index (χ1) is 6.97. The third-order valence-corrected chi connectivity index (χ3v) is 4.03. The van der Waals surface area contributed by atoms with Crippen molar-refractivity contribution in [2.24, 2.45) is 10.8 Å². The summed E-state index contributed by atoms with van der Waals surface area (Å²) in [5, 5.41) is 2.57. The zero-order valence-corrected chi connectivity index (χ0v) is 10.1. The second kappa shape index (κ2) is 3.41. The Morgan fingerprint density at radius 3 is 2.80 bits per heavy atom. The van der Waals surface area contributed by atoms with Crippen LogP contribution in [0, 0.1) is 10.8 Å². The molecule has 2 unspecified atom stereocenters. The molecule has 0 radical (unpaired) electrons. The molecule has 1 fully saturated rings. The van der Waals surface area contributed by atoms with Crippen molar-refractivity contribution >= 4 is 23.6 Å². The summed E-state index contributed by atoms with van der Waals surface area (Å²) in [6.45, 7) is 4.57. The van der Waals surface area contributed by atoms with Crippen LogP contribution in [0.4, 0.5) is 0 Å². The molecule has 2 nitrogen and oxygen atoms in total. The Kier molecular flexibility index (Phi) is 2.45. The van der Waals surface area contributed by atoms with Crippen molar-refractivity contribution in [2.45, 2.75) is 39.5 Å². The highest BCUT2D eigenvalue weighted by atomic mass is 32.1. The fourth-order valence-corrected chi connectivity index (χ4v) is 3.31. The van der Waals surface area contributed by atoms with Gasteiger partial charge in [-0.25, -0.2) is 0 Å². The normalized spacial score (nSPS) is 37.6. The highest BCUT2D eigenvalue weighted by Gasteiger charge is 2.49. The van der Waals surface area contributed by atoms with Gasteiger partial charge in [0.05, 0.1) is 5.49 Å². The lowest BCUT2D eigenvalue weighted by Gasteiger charge is -2.24. The standard InChI is InChI=1S/C12H17NOS/c1-11-3-4-12(2,7-11)9(6-11)5-10(14)13-8-15/h6,8H,3-5,7H2,1-2H3,(H,13,14,15). The van der Waals surface area contributed by atoms with E-state index in [4.69, 9.17) is 0 Å². The number of nitrogens with one attached hydrogen (secondary N) is 1. The summed E-state index contributed by atoms with van der Waals surface area (Å²) in [6.07, 6.45) is 6.53. The Morgan fingerprint density at radius 2 is 2.33 bits per heavy atom. The molecule has 1 N–H and O–H groups in total. The summed E-state index contributed by atoms with van der Waals surface area (Å²) < 4.78 is 0. The largest absolute Gasteiger partial charge is 0.323 e. The van der Waals surface area contributed by atoms with E-state index < -0.39 is 0 Å². The molecule has 0 aromatic rings. The average Bonchev–Trinajstić information content (AvgIpc) is 2.54. The summed E-state index contributed by atoms with van der Waals surface area (Å²) in [5.74, 6) is 0.0219. The number of carbonyl (C=O) groups is 1. The molecule has 0 spiro atoms. The molecule has 2 rings (SSSR count). The van der Waals surface area contributed by atoms with Crippen molar-refractivity contribution in [3.05, 3.63) is 11.6 Å². The number of amides is 1. The van der Waals surface area contributed by atoms with Crippen LogP contribution in [0.2, 0.25) is 0 Å². The van der Waals surface area contributed by atoms with Crippen LogP contribution >= 0.6 is 12.2 Å². The number of thiocarbonyl (C=S) groups is 1. The molecule has 2 aliphatic rings. The number of fused-ring (bicyclic) bond motifs is 2. The topological polar surface area (TPSA) is 29.1 Å². The molecule has 2 bridgehead atoms. The van der Waals surface area contributed by atoms with E-state index in [1.807, 2.05) is 0 Å². The van der Waals surface area contributed by atoms with Gasteiger partial charge in [0.15, 0.2) is 0 Å². The summed E-state index contributed by atoms with van der Waals surface area (Å²) in [6, 6.07) is 0. The quantitative estimate of drug-likeness (QED) is 0.588. The van der Waals surface area contributed by atoms with Gasteiger partial charge in [0.25, 0.3) is 0 Å². The highest BCUT2D eigenvalue weighted by molar-refractivity contribution is 7.78. The minimum absolute atomic E-state index is 0.0219. The van der Waals surface area contributed by atoms with E-state index in [-0.39, 0.29) is 11.3 Å². The van der Waals surface area contributed by atoms with E-state index in [2.05, 4.69) is 37.5 Å². The van der Waals surface area contributed by atoms with Crippen LogP contribution in [-0.4, -0.2) is 11.4 Å². The maximum absolute atomic E-state index is 11.5. The van der Waals surface area contributed by atoms with Crippen LogP contribution in [0.5, 0.6) is 0 Å². The Bertz CT molecular complexity index is 350. The van der Waals surface area contributed by atoms with Crippen LogP contribution < -0.4 is 5.32 Å². The van der Waals surface area contributed by atoms with Gasteiger partial charge in [0.2, 0.25) is 5.91 Å². The van der Waals surface area contributed by atoms with Crippen molar-refractivity contribution in [3.8, 4) is 0 Å². The Morgan fingerprint density at radius 1 is 1.60 bits per heavy atom. The lowest BCUT2D eigenvalue weighted by molar-refractivity contribution is -0.119. The number of hydrogen-bond acceptors (Lipinski definition) is 2. The summed E-state index contributed by atoms with van der Waals surface area (Å²) in [4.78, 5) is 11.5. The van der Waals surface area contributed by atoms with Crippen molar-refractivity contribution in [2.75, 3.05) is 0 Å². The average molecular weight is 223 g/mol. The summed E-state index contributed by atoms with van der Waals surface area (Å²) in [7, 11) is 0. The molecule has 2 aliphatic carbocycles. The Hall–Kier alpha value is -0.700. The minimum Gasteiger partial charge on any atom is -0.323 e. The SMILES string of the molecule is CC12C=C(CC(=O)NC=S)C(C)(CC1)C2. The van der Waals surface area contributed by atoms with Crippen LogP contribution in [0.25, 0.3) is 0 Å². The molecule has 0 aliphatic heterocycles. The zero-order chi connectivity index (χ0) is 11.1. The summed E-state index contributed by atoms with van der Waals surface area (Å²) >= 11 is 4.61. The first-order valence-electron chi connectivity index (χ1n) is 5.43. The maximum Gasteiger partial charge on any atom is 0.228 e. The van der Waals surface area contributed by atoms with Gasteiger partial charge in [-0.05, 0) is 30.1 Å². The highest BCUT2D eigenvalue weighted by Crippen LogP contribution is 2.60. The predicted octanol–water partition coefficient (Wildman–Crippen LogP) is 2.59. The van der Waals surface area contributed by atoms with Gasteiger partial charge in [-0.15, -0.1) is 0 Å². The van der Waals surface area contributed by atoms with Crippen LogP contribution in [0.1, 0.15) is 39.5 Å². The number of carbonyl (C=O) groups excluding carboxylic acids is 1. The lowest BCUT2D eigenvalue weighted by atomic mass is 9.81. The van der Waals surface area contributed by atoms with Crippen molar-refractivity contribution < 1.29 is 4.79 Å². The molecule has 1 saturated carbocycles. The van der Waals surface area contributed by atoms with Gasteiger partial charge in [0.1, 0.15) is 0 Å². The van der Waals surface area contributed by atoms with Gasteiger partial charge in [-0.3, -0.25) is 4.79 Å². The second-order valence-electron chi connectivity index (χ2n) is 5.42. The maximum atomic E-state index is 11.5. The van der Waals surface area contributed by atoms with E-state index >= 15 is 0 Å². The fourth-order valence-electron chi connectivity index (χ4n) is 3.18. The first kappa shape index (κ1) is 10.8. The number of allylic oxidation sites excluding steroid dienone is 1. The Labute approximate surface area is 96.1 Å². The van der Waals surface area contributed by atoms with E-state index in [9.17, 15) is 4.79 Å². The van der Waals surface area contributed by atoms with Gasteiger partial charge >= 0.3 is 0 Å². The van der Waals surface area contributed by atoms with Gasteiger partial charge in [0, 0.05) is 6.42 Å². The minimum atomic E-state index is 0.0219. The fraction of sp³-hybridized carbons (Fsp3) is 0.667. The first-order valence-corrected chi connectivity index (χ1v) is 5.90. The predicted molar refractivity (Wildman–Crippen MR) is 64.6 cm³/mol. The number of rotatable bonds is 3. The van der Waals surface area contributed by atoms with Crippen molar-refractivity contribution in [1.29, 1.82) is 0 Å². The smallest absolute Gasteiger partial charge is 0.228 e. The molecule has 1 amide bonds. The van der Waals surface area contributed by atoms with E-state index in [0.29, 0.717) is 11.8 Å². The lowest BCUT2D eigenvalue weighted by Crippen LogP contribution is -2.24. The molecule has 15 heavy (non-hydrogen) atoms.